The average molecular weight is 385 g/mol. The van der Waals surface area contributed by atoms with E-state index in [1.165, 1.54) is 0 Å². The zero-order valence-electron chi connectivity index (χ0n) is 14.3. The number of aromatic amines is 1. The highest BCUT2D eigenvalue weighted by molar-refractivity contribution is 5.99. The van der Waals surface area contributed by atoms with Crippen LogP contribution in [0.15, 0.2) is 29.1 Å². The third kappa shape index (κ3) is 4.45. The molecule has 0 aliphatic carbocycles. The van der Waals surface area contributed by atoms with Gasteiger partial charge in [-0.15, -0.1) is 0 Å². The minimum Gasteiger partial charge on any atom is -0.475 e. The van der Waals surface area contributed by atoms with Gasteiger partial charge < -0.3 is 20.7 Å². The summed E-state index contributed by atoms with van der Waals surface area (Å²) in [5, 5.41) is 8.57. The predicted octanol–water partition coefficient (Wildman–Crippen LogP) is 1.50. The topological polar surface area (TPSA) is 116 Å². The van der Waals surface area contributed by atoms with Gasteiger partial charge >= 0.3 is 12.1 Å². The van der Waals surface area contributed by atoms with Gasteiger partial charge in [0.05, 0.1) is 0 Å². The first-order valence-corrected chi connectivity index (χ1v) is 7.97. The van der Waals surface area contributed by atoms with Crippen molar-refractivity contribution in [3.63, 3.8) is 0 Å². The van der Waals surface area contributed by atoms with Gasteiger partial charge in [0, 0.05) is 24.4 Å². The smallest absolute Gasteiger partial charge is 0.475 e. The molecule has 0 radical (unpaired) electrons. The molecule has 0 unspecified atom stereocenters. The molecule has 2 aromatic rings. The second-order valence-electron chi connectivity index (χ2n) is 6.11. The van der Waals surface area contributed by atoms with Crippen molar-refractivity contribution in [1.82, 2.24) is 9.88 Å². The van der Waals surface area contributed by atoms with E-state index in [9.17, 15) is 22.8 Å². The van der Waals surface area contributed by atoms with Crippen LogP contribution in [0.5, 0.6) is 0 Å². The number of amides is 1. The van der Waals surface area contributed by atoms with Crippen LogP contribution in [0.25, 0.3) is 10.8 Å². The van der Waals surface area contributed by atoms with Gasteiger partial charge in [0.2, 0.25) is 0 Å². The Balaban J connectivity index is 0.000000321. The van der Waals surface area contributed by atoms with Crippen molar-refractivity contribution in [3.8, 4) is 0 Å². The fraction of sp³-hybridized carbons (Fsp3) is 0.353. The summed E-state index contributed by atoms with van der Waals surface area (Å²) in [6, 6.07) is 7.33. The molecule has 1 amide bonds. The molecule has 1 aromatic heterocycles. The van der Waals surface area contributed by atoms with Crippen molar-refractivity contribution in [3.05, 3.63) is 45.9 Å². The lowest BCUT2D eigenvalue weighted by atomic mass is 9.98. The summed E-state index contributed by atoms with van der Waals surface area (Å²) in [7, 11) is 0. The number of fused-ring (bicyclic) bond motifs is 1. The lowest BCUT2D eigenvalue weighted by Crippen LogP contribution is -2.53. The first-order chi connectivity index (χ1) is 12.6. The maximum absolute atomic E-state index is 12.4. The molecule has 0 bridgehead atoms. The molecular weight excluding hydrogens is 367 g/mol. The number of likely N-dealkylation sites (tertiary alicyclic amines) is 1. The van der Waals surface area contributed by atoms with Gasteiger partial charge in [-0.3, -0.25) is 9.59 Å². The summed E-state index contributed by atoms with van der Waals surface area (Å²) < 4.78 is 31.7. The summed E-state index contributed by atoms with van der Waals surface area (Å²) in [5.74, 6) is -2.49. The number of nitrogens with zero attached hydrogens (tertiary/aromatic N) is 1. The molecule has 1 saturated heterocycles. The predicted molar refractivity (Wildman–Crippen MR) is 91.4 cm³/mol. The van der Waals surface area contributed by atoms with Crippen molar-refractivity contribution >= 4 is 22.6 Å². The highest BCUT2D eigenvalue weighted by Gasteiger charge is 2.38. The number of rotatable bonds is 2. The fourth-order valence-corrected chi connectivity index (χ4v) is 2.67. The molecule has 0 atom stereocenters. The minimum absolute atomic E-state index is 0.116. The zero-order chi connectivity index (χ0) is 20.4. The maximum atomic E-state index is 12.4. The molecule has 27 heavy (non-hydrogen) atoms. The molecule has 3 rings (SSSR count). The molecule has 1 fully saturated rings. The SMILES string of the molecule is Cc1c(C(=O)N2CC(CN)C2)[nH]c(=O)c2ccccc12.O=C(O)C(F)(F)F. The molecule has 0 saturated carbocycles. The van der Waals surface area contributed by atoms with Gasteiger partial charge in [0.25, 0.3) is 11.5 Å². The number of hydrogen-bond acceptors (Lipinski definition) is 4. The molecule has 4 N–H and O–H groups in total. The number of carbonyl (C=O) groups excluding carboxylic acids is 1. The van der Waals surface area contributed by atoms with Crippen LogP contribution in [0, 0.1) is 12.8 Å². The lowest BCUT2D eigenvalue weighted by molar-refractivity contribution is -0.192. The van der Waals surface area contributed by atoms with E-state index in [0.717, 1.165) is 10.9 Å². The van der Waals surface area contributed by atoms with E-state index in [-0.39, 0.29) is 11.5 Å². The summed E-state index contributed by atoms with van der Waals surface area (Å²) in [6.07, 6.45) is -5.08. The van der Waals surface area contributed by atoms with E-state index in [2.05, 4.69) is 4.98 Å². The third-order valence-corrected chi connectivity index (χ3v) is 4.22. The van der Waals surface area contributed by atoms with E-state index in [4.69, 9.17) is 15.6 Å². The van der Waals surface area contributed by atoms with E-state index in [0.29, 0.717) is 36.6 Å². The van der Waals surface area contributed by atoms with Crippen molar-refractivity contribution in [2.45, 2.75) is 13.1 Å². The van der Waals surface area contributed by atoms with Gasteiger partial charge in [0.15, 0.2) is 0 Å². The Morgan fingerprint density at radius 2 is 1.78 bits per heavy atom. The molecule has 1 aromatic carbocycles. The highest BCUT2D eigenvalue weighted by atomic mass is 19.4. The zero-order valence-corrected chi connectivity index (χ0v) is 14.3. The number of halogens is 3. The van der Waals surface area contributed by atoms with E-state index < -0.39 is 12.1 Å². The Morgan fingerprint density at radius 3 is 2.26 bits per heavy atom. The number of carboxylic acids is 1. The Labute approximate surface area is 151 Å². The fourth-order valence-electron chi connectivity index (χ4n) is 2.67. The number of aromatic nitrogens is 1. The van der Waals surface area contributed by atoms with Crippen LogP contribution < -0.4 is 11.3 Å². The number of nitrogens with two attached hydrogens (primary N) is 1. The van der Waals surface area contributed by atoms with Crippen molar-refractivity contribution in [1.29, 1.82) is 0 Å². The number of hydrogen-bond donors (Lipinski definition) is 3. The minimum atomic E-state index is -5.08. The standard InChI is InChI=1S/C15H17N3O2.C2HF3O2/c1-9-11-4-2-3-5-12(11)14(19)17-13(9)15(20)18-7-10(6-16)8-18;3-2(4,5)1(6)7/h2-5,10H,6-8,16H2,1H3,(H,17,19);(H,6,7). The number of carboxylic acid groups (broad SMARTS) is 1. The summed E-state index contributed by atoms with van der Waals surface area (Å²) in [6.45, 7) is 3.80. The van der Waals surface area contributed by atoms with Gasteiger partial charge in [-0.05, 0) is 30.5 Å². The highest BCUT2D eigenvalue weighted by Crippen LogP contribution is 2.21. The molecule has 2 heterocycles. The Morgan fingerprint density at radius 1 is 1.26 bits per heavy atom. The van der Waals surface area contributed by atoms with E-state index in [1.807, 2.05) is 25.1 Å². The first kappa shape index (κ1) is 20.4. The Hall–Kier alpha value is -2.88. The third-order valence-electron chi connectivity index (χ3n) is 4.22. The van der Waals surface area contributed by atoms with E-state index >= 15 is 0 Å². The molecule has 1 aliphatic rings. The van der Waals surface area contributed by atoms with Crippen LogP contribution in [-0.4, -0.2) is 52.7 Å². The number of aliphatic carboxylic acids is 1. The van der Waals surface area contributed by atoms with Crippen molar-refractivity contribution in [2.75, 3.05) is 19.6 Å². The number of aryl methyl sites for hydroxylation is 1. The lowest BCUT2D eigenvalue weighted by Gasteiger charge is -2.38. The number of benzene rings is 1. The number of H-pyrrole nitrogens is 1. The van der Waals surface area contributed by atoms with E-state index in [1.54, 1.807) is 11.0 Å². The number of pyridine rings is 1. The van der Waals surface area contributed by atoms with Gasteiger partial charge in [-0.1, -0.05) is 18.2 Å². The van der Waals surface area contributed by atoms with Crippen molar-refractivity contribution < 1.29 is 27.9 Å². The molecular formula is C17H18F3N3O4. The molecule has 0 spiro atoms. The van der Waals surface area contributed by atoms with Crippen molar-refractivity contribution in [2.24, 2.45) is 11.7 Å². The summed E-state index contributed by atoms with van der Waals surface area (Å²) in [5.41, 5.74) is 6.56. The molecule has 10 heteroatoms. The second-order valence-corrected chi connectivity index (χ2v) is 6.11. The Kier molecular flexibility index (Phi) is 5.89. The number of carbonyl (C=O) groups is 2. The largest absolute Gasteiger partial charge is 0.490 e. The second kappa shape index (κ2) is 7.78. The van der Waals surface area contributed by atoms with Crippen LogP contribution in [0.2, 0.25) is 0 Å². The monoisotopic (exact) mass is 385 g/mol. The van der Waals surface area contributed by atoms with Gasteiger partial charge in [-0.2, -0.15) is 13.2 Å². The molecule has 1 aliphatic heterocycles. The number of alkyl halides is 3. The molecule has 146 valence electrons. The summed E-state index contributed by atoms with van der Waals surface area (Å²) >= 11 is 0. The van der Waals surface area contributed by atoms with Gasteiger partial charge in [0.1, 0.15) is 5.69 Å². The maximum Gasteiger partial charge on any atom is 0.490 e. The number of nitrogens with one attached hydrogen (secondary N) is 1. The first-order valence-electron chi connectivity index (χ1n) is 7.97. The average Bonchev–Trinajstić information content (AvgIpc) is 2.57. The van der Waals surface area contributed by atoms with Gasteiger partial charge in [-0.25, -0.2) is 4.79 Å². The quantitative estimate of drug-likeness (QED) is 0.724. The normalized spacial score (nSPS) is 14.3. The van der Waals surface area contributed by atoms with Crippen LogP contribution in [0.1, 0.15) is 16.1 Å². The summed E-state index contributed by atoms with van der Waals surface area (Å²) in [4.78, 5) is 37.8. The van der Waals surface area contributed by atoms with Crippen LogP contribution in [0.3, 0.4) is 0 Å². The Bertz CT molecular complexity index is 918. The van der Waals surface area contributed by atoms with Crippen LogP contribution in [0.4, 0.5) is 13.2 Å². The van der Waals surface area contributed by atoms with Crippen LogP contribution >= 0.6 is 0 Å². The molecule has 7 nitrogen and oxygen atoms in total. The van der Waals surface area contributed by atoms with Crippen LogP contribution in [-0.2, 0) is 4.79 Å².